The van der Waals surface area contributed by atoms with E-state index in [4.69, 9.17) is 0 Å². The number of nitro groups is 1. The Hall–Kier alpha value is -3.06. The Morgan fingerprint density at radius 1 is 1.23 bits per heavy atom. The van der Waals surface area contributed by atoms with Gasteiger partial charge in [0, 0.05) is 25.3 Å². The SMILES string of the molecule is Cc1cc2sc(=NC(=O)/C=C/c3cccc([N+](=O)[O-])c3)n(C)c2cc1C. The van der Waals surface area contributed by atoms with E-state index >= 15 is 0 Å². The van der Waals surface area contributed by atoms with Gasteiger partial charge in [-0.25, -0.2) is 0 Å². The van der Waals surface area contributed by atoms with Crippen molar-refractivity contribution in [2.75, 3.05) is 0 Å². The first kappa shape index (κ1) is 17.8. The van der Waals surface area contributed by atoms with Crippen molar-refractivity contribution in [2.24, 2.45) is 12.0 Å². The second-order valence-corrected chi connectivity index (χ2v) is 6.99. The van der Waals surface area contributed by atoms with Gasteiger partial charge in [-0.05, 0) is 48.7 Å². The highest BCUT2D eigenvalue weighted by Gasteiger charge is 2.07. The van der Waals surface area contributed by atoms with Gasteiger partial charge in [0.1, 0.15) is 0 Å². The highest BCUT2D eigenvalue weighted by Crippen LogP contribution is 2.21. The van der Waals surface area contributed by atoms with Crippen LogP contribution in [0.1, 0.15) is 16.7 Å². The molecule has 0 saturated carbocycles. The summed E-state index contributed by atoms with van der Waals surface area (Å²) in [6.07, 6.45) is 2.85. The summed E-state index contributed by atoms with van der Waals surface area (Å²) in [5, 5.41) is 10.8. The normalized spacial score (nSPS) is 12.2. The number of carbonyl (C=O) groups is 1. The molecule has 0 saturated heterocycles. The Bertz CT molecular complexity index is 1120. The van der Waals surface area contributed by atoms with Crippen LogP contribution in [0.15, 0.2) is 47.5 Å². The molecule has 1 heterocycles. The lowest BCUT2D eigenvalue weighted by Gasteiger charge is -2.00. The number of hydrogen-bond donors (Lipinski definition) is 0. The number of non-ortho nitro benzene ring substituents is 1. The number of rotatable bonds is 3. The molecule has 0 atom stereocenters. The van der Waals surface area contributed by atoms with E-state index in [9.17, 15) is 14.9 Å². The van der Waals surface area contributed by atoms with Gasteiger partial charge in [0.05, 0.1) is 15.1 Å². The number of amides is 1. The predicted molar refractivity (Wildman–Crippen MR) is 103 cm³/mol. The number of carbonyl (C=O) groups excluding carboxylic acids is 1. The number of aromatic nitrogens is 1. The molecule has 0 fully saturated rings. The Balaban J connectivity index is 1.91. The molecule has 0 aliphatic carbocycles. The van der Waals surface area contributed by atoms with Crippen LogP contribution in [0.25, 0.3) is 16.3 Å². The monoisotopic (exact) mass is 367 g/mol. The molecule has 0 bridgehead atoms. The maximum Gasteiger partial charge on any atom is 0.272 e. The fourth-order valence-electron chi connectivity index (χ4n) is 2.53. The van der Waals surface area contributed by atoms with Crippen LogP contribution in [-0.4, -0.2) is 15.4 Å². The maximum atomic E-state index is 12.2. The van der Waals surface area contributed by atoms with Crippen molar-refractivity contribution in [1.29, 1.82) is 0 Å². The minimum Gasteiger partial charge on any atom is -0.319 e. The average Bonchev–Trinajstić information content (AvgIpc) is 2.89. The Morgan fingerprint density at radius 3 is 2.69 bits per heavy atom. The molecule has 0 unspecified atom stereocenters. The maximum absolute atomic E-state index is 12.2. The molecule has 26 heavy (non-hydrogen) atoms. The van der Waals surface area contributed by atoms with Gasteiger partial charge in [-0.2, -0.15) is 4.99 Å². The van der Waals surface area contributed by atoms with E-state index in [2.05, 4.69) is 31.0 Å². The minimum atomic E-state index is -0.468. The molecule has 0 radical (unpaired) electrons. The number of fused-ring (bicyclic) bond motifs is 1. The molecule has 1 amide bonds. The quantitative estimate of drug-likeness (QED) is 0.400. The van der Waals surface area contributed by atoms with Crippen molar-refractivity contribution in [3.05, 3.63) is 74.1 Å². The van der Waals surface area contributed by atoms with Crippen LogP contribution in [0.2, 0.25) is 0 Å². The molecule has 6 nitrogen and oxygen atoms in total. The lowest BCUT2D eigenvalue weighted by molar-refractivity contribution is -0.384. The van der Waals surface area contributed by atoms with Gasteiger partial charge in [-0.15, -0.1) is 0 Å². The van der Waals surface area contributed by atoms with E-state index in [-0.39, 0.29) is 5.69 Å². The summed E-state index contributed by atoms with van der Waals surface area (Å²) in [6, 6.07) is 10.3. The molecule has 7 heteroatoms. The van der Waals surface area contributed by atoms with Crippen molar-refractivity contribution in [2.45, 2.75) is 13.8 Å². The van der Waals surface area contributed by atoms with Crippen LogP contribution >= 0.6 is 11.3 Å². The molecule has 0 spiro atoms. The molecule has 3 rings (SSSR count). The summed E-state index contributed by atoms with van der Waals surface area (Å²) in [6.45, 7) is 4.11. The highest BCUT2D eigenvalue weighted by molar-refractivity contribution is 7.16. The molecule has 0 aliphatic rings. The van der Waals surface area contributed by atoms with Crippen molar-refractivity contribution in [3.8, 4) is 0 Å². The van der Waals surface area contributed by atoms with Gasteiger partial charge in [-0.3, -0.25) is 14.9 Å². The fraction of sp³-hybridized carbons (Fsp3) is 0.158. The topological polar surface area (TPSA) is 77.5 Å². The van der Waals surface area contributed by atoms with Gasteiger partial charge in [0.25, 0.3) is 11.6 Å². The Kier molecular flexibility index (Phi) is 4.81. The first-order valence-corrected chi connectivity index (χ1v) is 8.75. The van der Waals surface area contributed by atoms with Crippen LogP contribution in [0.4, 0.5) is 5.69 Å². The number of aryl methyl sites for hydroxylation is 3. The number of benzene rings is 2. The minimum absolute atomic E-state index is 0.0156. The summed E-state index contributed by atoms with van der Waals surface area (Å²) >= 11 is 1.46. The van der Waals surface area contributed by atoms with E-state index in [1.807, 2.05) is 11.6 Å². The van der Waals surface area contributed by atoms with E-state index in [0.29, 0.717) is 10.4 Å². The first-order valence-electron chi connectivity index (χ1n) is 7.93. The lowest BCUT2D eigenvalue weighted by Crippen LogP contribution is -2.12. The molecule has 3 aromatic rings. The van der Waals surface area contributed by atoms with E-state index in [0.717, 1.165) is 10.2 Å². The summed E-state index contributed by atoms with van der Waals surface area (Å²) in [5.74, 6) is -0.410. The molecular weight excluding hydrogens is 350 g/mol. The Labute approximate surface area is 153 Å². The molecular formula is C19H17N3O3S. The molecule has 132 valence electrons. The zero-order valence-electron chi connectivity index (χ0n) is 14.6. The second-order valence-electron chi connectivity index (χ2n) is 5.98. The third-order valence-corrected chi connectivity index (χ3v) is 5.22. The summed E-state index contributed by atoms with van der Waals surface area (Å²) in [7, 11) is 1.88. The van der Waals surface area contributed by atoms with E-state index < -0.39 is 10.8 Å². The Morgan fingerprint density at radius 2 is 1.96 bits per heavy atom. The molecule has 0 aliphatic heterocycles. The third-order valence-electron chi connectivity index (χ3n) is 4.13. The van der Waals surface area contributed by atoms with Gasteiger partial charge < -0.3 is 4.57 Å². The lowest BCUT2D eigenvalue weighted by atomic mass is 10.1. The van der Waals surface area contributed by atoms with Gasteiger partial charge in [0.15, 0.2) is 4.80 Å². The largest absolute Gasteiger partial charge is 0.319 e. The number of nitro benzene ring substituents is 1. The smallest absolute Gasteiger partial charge is 0.272 e. The van der Waals surface area contributed by atoms with Gasteiger partial charge >= 0.3 is 0 Å². The summed E-state index contributed by atoms with van der Waals surface area (Å²) in [5.41, 5.74) is 3.98. The van der Waals surface area contributed by atoms with Crippen LogP contribution < -0.4 is 4.80 Å². The zero-order chi connectivity index (χ0) is 18.8. The third kappa shape index (κ3) is 3.62. The van der Waals surface area contributed by atoms with Crippen molar-refractivity contribution < 1.29 is 9.72 Å². The highest BCUT2D eigenvalue weighted by atomic mass is 32.1. The van der Waals surface area contributed by atoms with Gasteiger partial charge in [0.2, 0.25) is 0 Å². The van der Waals surface area contributed by atoms with Crippen molar-refractivity contribution in [3.63, 3.8) is 0 Å². The molecule has 1 aromatic heterocycles. The fourth-order valence-corrected chi connectivity index (χ4v) is 3.63. The first-order chi connectivity index (χ1) is 12.3. The zero-order valence-corrected chi connectivity index (χ0v) is 15.4. The number of thiazole rings is 1. The van der Waals surface area contributed by atoms with Crippen molar-refractivity contribution >= 4 is 39.2 Å². The molecule has 2 aromatic carbocycles. The number of hydrogen-bond acceptors (Lipinski definition) is 4. The van der Waals surface area contributed by atoms with Crippen LogP contribution in [0.3, 0.4) is 0 Å². The standard InChI is InChI=1S/C19H17N3O3S/c1-12-9-16-17(10-13(12)2)26-19(21(16)3)20-18(23)8-7-14-5-4-6-15(11-14)22(24)25/h4-11H,1-3H3/b8-7+,20-19?. The number of nitrogens with zero attached hydrogens (tertiary/aromatic N) is 3. The second kappa shape index (κ2) is 7.05. The van der Waals surface area contributed by atoms with Crippen molar-refractivity contribution in [1.82, 2.24) is 4.57 Å². The van der Waals surface area contributed by atoms with Crippen LogP contribution in [-0.2, 0) is 11.8 Å². The average molecular weight is 367 g/mol. The summed E-state index contributed by atoms with van der Waals surface area (Å²) in [4.78, 5) is 27.3. The van der Waals surface area contributed by atoms with Gasteiger partial charge in [-0.1, -0.05) is 23.5 Å². The predicted octanol–water partition coefficient (Wildman–Crippen LogP) is 3.91. The van der Waals surface area contributed by atoms with Crippen LogP contribution in [0, 0.1) is 24.0 Å². The van der Waals surface area contributed by atoms with E-state index in [1.54, 1.807) is 12.1 Å². The summed E-state index contributed by atoms with van der Waals surface area (Å²) < 4.78 is 2.97. The molecule has 0 N–H and O–H groups in total. The van der Waals surface area contributed by atoms with Crippen LogP contribution in [0.5, 0.6) is 0 Å². The van der Waals surface area contributed by atoms with E-state index in [1.165, 1.54) is 46.7 Å².